The molecule has 0 spiro atoms. The van der Waals surface area contributed by atoms with Crippen LogP contribution in [0.3, 0.4) is 0 Å². The number of benzene rings is 1. The lowest BCUT2D eigenvalue weighted by Gasteiger charge is -2.29. The molecule has 1 aliphatic rings. The van der Waals surface area contributed by atoms with Crippen LogP contribution in [0, 0.1) is 5.92 Å². The molecule has 0 atom stereocenters. The molecule has 0 amide bonds. The minimum atomic E-state index is -5.08. The van der Waals surface area contributed by atoms with Gasteiger partial charge in [-0.2, -0.15) is 13.2 Å². The number of likely N-dealkylation sites (tertiary alicyclic amines) is 1. The van der Waals surface area contributed by atoms with Gasteiger partial charge < -0.3 is 20.3 Å². The highest BCUT2D eigenvalue weighted by molar-refractivity contribution is 5.73. The number of rotatable bonds is 6. The Kier molecular flexibility index (Phi) is 8.92. The Morgan fingerprint density at radius 2 is 1.74 bits per heavy atom. The van der Waals surface area contributed by atoms with Gasteiger partial charge in [-0.05, 0) is 68.2 Å². The molecule has 4 aromatic rings. The number of carboxylic acid groups (broad SMARTS) is 1. The normalized spacial score (nSPS) is 14.4. The number of alkyl halides is 3. The molecule has 4 heterocycles. The number of piperidine rings is 1. The SMILES string of the molecule is CN1CCC(CNc2cncc(-c3ccnc(-c4ncc(-c5ccccc5)[nH]4)c3)c2)CC1.O=C(O)C(F)(F)F. The highest BCUT2D eigenvalue weighted by atomic mass is 19.4. The lowest BCUT2D eigenvalue weighted by atomic mass is 9.97. The minimum Gasteiger partial charge on any atom is -0.475 e. The van der Waals surface area contributed by atoms with Crippen molar-refractivity contribution < 1.29 is 23.1 Å². The second-order valence-electron chi connectivity index (χ2n) is 9.33. The predicted molar refractivity (Wildman–Crippen MR) is 143 cm³/mol. The van der Waals surface area contributed by atoms with E-state index < -0.39 is 12.1 Å². The Morgan fingerprint density at radius 3 is 2.44 bits per heavy atom. The molecule has 8 nitrogen and oxygen atoms in total. The summed E-state index contributed by atoms with van der Waals surface area (Å²) >= 11 is 0. The minimum absolute atomic E-state index is 0.722. The van der Waals surface area contributed by atoms with Crippen molar-refractivity contribution in [1.82, 2.24) is 24.8 Å². The van der Waals surface area contributed by atoms with E-state index in [1.54, 1.807) is 0 Å². The number of anilines is 1. The summed E-state index contributed by atoms with van der Waals surface area (Å²) in [5.41, 5.74) is 6.10. The zero-order valence-electron chi connectivity index (χ0n) is 21.3. The maximum atomic E-state index is 10.6. The summed E-state index contributed by atoms with van der Waals surface area (Å²) in [6.07, 6.45) is 4.90. The third-order valence-corrected chi connectivity index (χ3v) is 6.41. The summed E-state index contributed by atoms with van der Waals surface area (Å²) in [6.45, 7) is 3.36. The van der Waals surface area contributed by atoms with Gasteiger partial charge in [0.25, 0.3) is 0 Å². The molecule has 3 aromatic heterocycles. The van der Waals surface area contributed by atoms with Gasteiger partial charge in [0.05, 0.1) is 17.6 Å². The van der Waals surface area contributed by atoms with Crippen LogP contribution in [-0.2, 0) is 4.79 Å². The molecule has 1 fully saturated rings. The average Bonchev–Trinajstić information content (AvgIpc) is 3.44. The fourth-order valence-electron chi connectivity index (χ4n) is 4.18. The second-order valence-corrected chi connectivity index (χ2v) is 9.33. The first kappa shape index (κ1) is 27.8. The number of carbonyl (C=O) groups is 1. The number of hydrogen-bond donors (Lipinski definition) is 3. The third kappa shape index (κ3) is 7.87. The van der Waals surface area contributed by atoms with Gasteiger partial charge in [0, 0.05) is 30.7 Å². The van der Waals surface area contributed by atoms with Gasteiger partial charge in [0.15, 0.2) is 5.82 Å². The Bertz CT molecular complexity index is 1370. The first-order valence-corrected chi connectivity index (χ1v) is 12.4. The molecule has 1 saturated heterocycles. The number of nitrogens with zero attached hydrogens (tertiary/aromatic N) is 4. The molecular weight excluding hydrogens is 509 g/mol. The summed E-state index contributed by atoms with van der Waals surface area (Å²) in [7, 11) is 2.20. The highest BCUT2D eigenvalue weighted by Crippen LogP contribution is 2.27. The maximum absolute atomic E-state index is 10.6. The van der Waals surface area contributed by atoms with Crippen LogP contribution in [0.4, 0.5) is 18.9 Å². The summed E-state index contributed by atoms with van der Waals surface area (Å²) in [6, 6.07) is 16.4. The molecule has 0 aliphatic carbocycles. The lowest BCUT2D eigenvalue weighted by molar-refractivity contribution is -0.192. The van der Waals surface area contributed by atoms with E-state index in [0.717, 1.165) is 52.1 Å². The smallest absolute Gasteiger partial charge is 0.475 e. The Labute approximate surface area is 224 Å². The van der Waals surface area contributed by atoms with Crippen LogP contribution in [0.5, 0.6) is 0 Å². The molecule has 11 heteroatoms. The number of carboxylic acids is 1. The van der Waals surface area contributed by atoms with Crippen molar-refractivity contribution in [2.75, 3.05) is 32.0 Å². The van der Waals surface area contributed by atoms with Gasteiger partial charge in [0.1, 0.15) is 5.69 Å². The molecule has 1 aromatic carbocycles. The molecule has 1 aliphatic heterocycles. The van der Waals surface area contributed by atoms with Gasteiger partial charge in [-0.15, -0.1) is 0 Å². The maximum Gasteiger partial charge on any atom is 0.490 e. The Balaban J connectivity index is 0.000000448. The Morgan fingerprint density at radius 1 is 1.03 bits per heavy atom. The number of aromatic nitrogens is 4. The first-order valence-electron chi connectivity index (χ1n) is 12.4. The standard InChI is InChI=1S/C26H28N6.C2HF3O2/c1-32-11-8-19(9-12-32)15-29-23-13-22(16-27-17-23)21-7-10-28-24(14-21)26-30-18-25(31-26)20-5-3-2-4-6-20;3-2(4,5)1(6)7/h2-7,10,13-14,16-19,29H,8-9,11-12,15H2,1H3,(H,30,31);(H,6,7). The monoisotopic (exact) mass is 538 g/mol. The number of H-pyrrole nitrogens is 1. The predicted octanol–water partition coefficient (Wildman–Crippen LogP) is 5.59. The van der Waals surface area contributed by atoms with Crippen molar-refractivity contribution in [3.05, 3.63) is 73.3 Å². The van der Waals surface area contributed by atoms with Crippen LogP contribution in [0.15, 0.2) is 73.3 Å². The van der Waals surface area contributed by atoms with E-state index in [4.69, 9.17) is 9.90 Å². The molecule has 0 radical (unpaired) electrons. The fourth-order valence-corrected chi connectivity index (χ4v) is 4.18. The molecule has 0 bridgehead atoms. The van der Waals surface area contributed by atoms with Crippen LogP contribution in [0.25, 0.3) is 33.9 Å². The largest absolute Gasteiger partial charge is 0.490 e. The van der Waals surface area contributed by atoms with Gasteiger partial charge >= 0.3 is 12.1 Å². The van der Waals surface area contributed by atoms with Crippen molar-refractivity contribution in [2.24, 2.45) is 5.92 Å². The second kappa shape index (κ2) is 12.5. The Hall–Kier alpha value is -4.25. The highest BCUT2D eigenvalue weighted by Gasteiger charge is 2.38. The zero-order chi connectivity index (χ0) is 27.8. The molecule has 3 N–H and O–H groups in total. The van der Waals surface area contributed by atoms with E-state index in [2.05, 4.69) is 61.5 Å². The van der Waals surface area contributed by atoms with Crippen molar-refractivity contribution in [2.45, 2.75) is 19.0 Å². The quantitative estimate of drug-likeness (QED) is 0.294. The number of nitrogens with one attached hydrogen (secondary N) is 2. The number of hydrogen-bond acceptors (Lipinski definition) is 6. The lowest BCUT2D eigenvalue weighted by Crippen LogP contribution is -2.32. The van der Waals surface area contributed by atoms with Crippen LogP contribution in [-0.4, -0.2) is 68.8 Å². The summed E-state index contributed by atoms with van der Waals surface area (Å²) in [5, 5.41) is 10.7. The fraction of sp³-hybridized carbons (Fsp3) is 0.286. The van der Waals surface area contributed by atoms with E-state index >= 15 is 0 Å². The van der Waals surface area contributed by atoms with Gasteiger partial charge in [-0.25, -0.2) is 9.78 Å². The van der Waals surface area contributed by atoms with E-state index in [-0.39, 0.29) is 0 Å². The van der Waals surface area contributed by atoms with E-state index in [0.29, 0.717) is 0 Å². The molecule has 39 heavy (non-hydrogen) atoms. The third-order valence-electron chi connectivity index (χ3n) is 6.41. The topological polar surface area (TPSA) is 107 Å². The first-order chi connectivity index (χ1) is 18.7. The van der Waals surface area contributed by atoms with Crippen molar-refractivity contribution in [3.63, 3.8) is 0 Å². The van der Waals surface area contributed by atoms with Crippen LogP contribution in [0.2, 0.25) is 0 Å². The summed E-state index contributed by atoms with van der Waals surface area (Å²) in [4.78, 5) is 28.2. The molecular formula is C28H29F3N6O2. The number of imidazole rings is 1. The van der Waals surface area contributed by atoms with Gasteiger partial charge in [0.2, 0.25) is 0 Å². The summed E-state index contributed by atoms with van der Waals surface area (Å²) < 4.78 is 31.7. The van der Waals surface area contributed by atoms with E-state index in [1.807, 2.05) is 49.1 Å². The van der Waals surface area contributed by atoms with Gasteiger partial charge in [-0.3, -0.25) is 9.97 Å². The van der Waals surface area contributed by atoms with Crippen LogP contribution in [0.1, 0.15) is 12.8 Å². The van der Waals surface area contributed by atoms with Crippen LogP contribution >= 0.6 is 0 Å². The number of aliphatic carboxylic acids is 1. The van der Waals surface area contributed by atoms with Crippen molar-refractivity contribution >= 4 is 11.7 Å². The summed E-state index contributed by atoms with van der Waals surface area (Å²) in [5.74, 6) is -1.28. The molecule has 5 rings (SSSR count). The van der Waals surface area contributed by atoms with Crippen molar-refractivity contribution in [1.29, 1.82) is 0 Å². The molecule has 0 saturated carbocycles. The molecule has 204 valence electrons. The van der Waals surface area contributed by atoms with Crippen LogP contribution < -0.4 is 5.32 Å². The van der Waals surface area contributed by atoms with E-state index in [9.17, 15) is 13.2 Å². The average molecular weight is 539 g/mol. The van der Waals surface area contributed by atoms with Gasteiger partial charge in [-0.1, -0.05) is 30.3 Å². The van der Waals surface area contributed by atoms with Crippen molar-refractivity contribution in [3.8, 4) is 33.9 Å². The zero-order valence-corrected chi connectivity index (χ0v) is 21.3. The molecule has 0 unspecified atom stereocenters. The number of halogens is 3. The number of pyridine rings is 2. The van der Waals surface area contributed by atoms with E-state index in [1.165, 1.54) is 25.9 Å². The number of aromatic amines is 1.